The Labute approximate surface area is 226 Å². The molecule has 0 atom stereocenters. The number of para-hydroxylation sites is 3. The topological polar surface area (TPSA) is 85.6 Å². The highest BCUT2D eigenvalue weighted by molar-refractivity contribution is 5.92. The minimum atomic E-state index is -4.58. The molecule has 1 aromatic heterocycles. The van der Waals surface area contributed by atoms with Crippen LogP contribution in [0.4, 0.5) is 18.9 Å². The van der Waals surface area contributed by atoms with Crippen molar-refractivity contribution in [2.24, 2.45) is 5.10 Å². The van der Waals surface area contributed by atoms with Crippen LogP contribution in [0.25, 0.3) is 22.3 Å². The number of alkyl halides is 3. The minimum Gasteiger partial charge on any atom is -0.483 e. The van der Waals surface area contributed by atoms with Crippen LogP contribution in [0.1, 0.15) is 11.1 Å². The third-order valence-corrected chi connectivity index (χ3v) is 5.85. The largest absolute Gasteiger partial charge is 0.483 e. The van der Waals surface area contributed by atoms with Crippen LogP contribution in [0.5, 0.6) is 5.75 Å². The lowest BCUT2D eigenvalue weighted by Gasteiger charge is -2.12. The van der Waals surface area contributed by atoms with Crippen molar-refractivity contribution < 1.29 is 22.7 Å². The smallest absolute Gasteiger partial charge is 0.416 e. The van der Waals surface area contributed by atoms with Gasteiger partial charge in [-0.05, 0) is 48.5 Å². The van der Waals surface area contributed by atoms with E-state index in [1.807, 2.05) is 6.07 Å². The van der Waals surface area contributed by atoms with Crippen molar-refractivity contribution in [1.29, 1.82) is 0 Å². The maximum absolute atomic E-state index is 13.4. The van der Waals surface area contributed by atoms with Gasteiger partial charge in [0, 0.05) is 16.8 Å². The fraction of sp³-hybridized carbons (Fsp3) is 0.0667. The Morgan fingerprint density at radius 2 is 1.65 bits per heavy atom. The molecule has 0 fully saturated rings. The number of ether oxygens (including phenoxy) is 1. The first-order valence-corrected chi connectivity index (χ1v) is 12.1. The summed E-state index contributed by atoms with van der Waals surface area (Å²) in [4.78, 5) is 30.2. The molecular formula is C30H21F3N4O3. The first-order chi connectivity index (χ1) is 19.3. The lowest BCUT2D eigenvalue weighted by atomic mass is 10.1. The van der Waals surface area contributed by atoms with Crippen LogP contribution in [0.15, 0.2) is 113 Å². The van der Waals surface area contributed by atoms with E-state index in [1.54, 1.807) is 72.8 Å². The molecule has 0 aliphatic rings. The summed E-state index contributed by atoms with van der Waals surface area (Å²) in [7, 11) is 0. The van der Waals surface area contributed by atoms with Crippen LogP contribution in [0, 0.1) is 0 Å². The van der Waals surface area contributed by atoms with E-state index >= 15 is 0 Å². The van der Waals surface area contributed by atoms with Gasteiger partial charge in [-0.15, -0.1) is 0 Å². The van der Waals surface area contributed by atoms with E-state index in [2.05, 4.69) is 15.4 Å². The monoisotopic (exact) mass is 542 g/mol. The number of carbonyl (C=O) groups excluding carboxylic acids is 1. The predicted octanol–water partition coefficient (Wildman–Crippen LogP) is 5.98. The van der Waals surface area contributed by atoms with Crippen molar-refractivity contribution in [2.45, 2.75) is 6.18 Å². The second-order valence-electron chi connectivity index (χ2n) is 8.63. The molecule has 0 unspecified atom stereocenters. The van der Waals surface area contributed by atoms with Crippen LogP contribution in [0.2, 0.25) is 0 Å². The Morgan fingerprint density at radius 3 is 2.45 bits per heavy atom. The Kier molecular flexibility index (Phi) is 7.41. The summed E-state index contributed by atoms with van der Waals surface area (Å²) in [5.74, 6) is -0.122. The molecule has 0 aliphatic carbocycles. The standard InChI is InChI=1S/C30H21F3N4O3/c31-30(32,33)22-11-8-10-20(17-22)28-36-25-15-6-5-14-24(25)29(39)37(28)34-18-21-9-4-7-16-26(21)40-19-27(38)35-23-12-2-1-3-13-23/h1-18H,19H2,(H,35,38). The van der Waals surface area contributed by atoms with Gasteiger partial charge in [-0.25, -0.2) is 4.98 Å². The maximum atomic E-state index is 13.4. The Hall–Kier alpha value is -5.25. The Morgan fingerprint density at radius 1 is 0.925 bits per heavy atom. The summed E-state index contributed by atoms with van der Waals surface area (Å²) < 4.78 is 46.9. The summed E-state index contributed by atoms with van der Waals surface area (Å²) >= 11 is 0. The molecule has 1 heterocycles. The van der Waals surface area contributed by atoms with Crippen molar-refractivity contribution >= 4 is 28.7 Å². The van der Waals surface area contributed by atoms with Crippen molar-refractivity contribution in [3.05, 3.63) is 125 Å². The van der Waals surface area contributed by atoms with E-state index in [0.29, 0.717) is 22.5 Å². The molecule has 40 heavy (non-hydrogen) atoms. The molecule has 5 aromatic rings. The van der Waals surface area contributed by atoms with Crippen LogP contribution in [0.3, 0.4) is 0 Å². The number of aromatic nitrogens is 2. The van der Waals surface area contributed by atoms with Crippen LogP contribution in [-0.4, -0.2) is 28.4 Å². The quantitative estimate of drug-likeness (QED) is 0.256. The normalized spacial score (nSPS) is 11.6. The zero-order valence-electron chi connectivity index (χ0n) is 20.8. The SMILES string of the molecule is O=C(COc1ccccc1C=Nn1c(-c2cccc(C(F)(F)F)c2)nc2ccccc2c1=O)Nc1ccccc1. The maximum Gasteiger partial charge on any atom is 0.416 e. The van der Waals surface area contributed by atoms with Gasteiger partial charge in [0.1, 0.15) is 5.75 Å². The second kappa shape index (κ2) is 11.2. The molecule has 0 radical (unpaired) electrons. The van der Waals surface area contributed by atoms with E-state index in [1.165, 1.54) is 18.3 Å². The summed E-state index contributed by atoms with van der Waals surface area (Å²) in [5.41, 5.74) is 0.00291. The molecule has 0 aliphatic heterocycles. The fourth-order valence-corrected chi connectivity index (χ4v) is 3.95. The number of hydrogen-bond acceptors (Lipinski definition) is 5. The van der Waals surface area contributed by atoms with Crippen molar-refractivity contribution in [3.63, 3.8) is 0 Å². The Balaban J connectivity index is 1.49. The molecular weight excluding hydrogens is 521 g/mol. The third-order valence-electron chi connectivity index (χ3n) is 5.85. The molecule has 0 saturated carbocycles. The molecule has 0 spiro atoms. The van der Waals surface area contributed by atoms with Gasteiger partial charge in [-0.2, -0.15) is 22.9 Å². The lowest BCUT2D eigenvalue weighted by Crippen LogP contribution is -2.21. The number of carbonyl (C=O) groups is 1. The first kappa shape index (κ1) is 26.4. The van der Waals surface area contributed by atoms with Crippen LogP contribution in [-0.2, 0) is 11.0 Å². The number of hydrogen-bond donors (Lipinski definition) is 1. The number of rotatable bonds is 7. The average Bonchev–Trinajstić information content (AvgIpc) is 2.96. The lowest BCUT2D eigenvalue weighted by molar-refractivity contribution is -0.137. The molecule has 200 valence electrons. The highest BCUT2D eigenvalue weighted by Crippen LogP contribution is 2.32. The average molecular weight is 543 g/mol. The second-order valence-corrected chi connectivity index (χ2v) is 8.63. The number of nitrogens with zero attached hydrogens (tertiary/aromatic N) is 3. The number of fused-ring (bicyclic) bond motifs is 1. The van der Waals surface area contributed by atoms with Crippen LogP contribution < -0.4 is 15.6 Å². The zero-order chi connectivity index (χ0) is 28.1. The fourth-order valence-electron chi connectivity index (χ4n) is 3.95. The van der Waals surface area contributed by atoms with Crippen molar-refractivity contribution in [3.8, 4) is 17.1 Å². The van der Waals surface area contributed by atoms with Gasteiger partial charge >= 0.3 is 6.18 Å². The van der Waals surface area contributed by atoms with E-state index in [-0.39, 0.29) is 29.3 Å². The molecule has 7 nitrogen and oxygen atoms in total. The summed E-state index contributed by atoms with van der Waals surface area (Å²) in [5, 5.41) is 7.28. The predicted molar refractivity (Wildman–Crippen MR) is 146 cm³/mol. The third kappa shape index (κ3) is 5.91. The Bertz CT molecular complexity index is 1770. The van der Waals surface area contributed by atoms with E-state index < -0.39 is 17.3 Å². The molecule has 5 rings (SSSR count). The van der Waals surface area contributed by atoms with Gasteiger partial charge in [-0.1, -0.05) is 54.6 Å². The molecule has 0 saturated heterocycles. The summed E-state index contributed by atoms with van der Waals surface area (Å²) in [6, 6.07) is 26.7. The zero-order valence-corrected chi connectivity index (χ0v) is 20.8. The molecule has 10 heteroatoms. The van der Waals surface area contributed by atoms with E-state index in [0.717, 1.165) is 16.8 Å². The van der Waals surface area contributed by atoms with E-state index in [9.17, 15) is 22.8 Å². The molecule has 1 amide bonds. The van der Waals surface area contributed by atoms with E-state index in [4.69, 9.17) is 4.74 Å². The number of nitrogens with one attached hydrogen (secondary N) is 1. The van der Waals surface area contributed by atoms with Crippen molar-refractivity contribution in [2.75, 3.05) is 11.9 Å². The number of amides is 1. The number of benzene rings is 4. The van der Waals surface area contributed by atoms with Gasteiger partial charge in [-0.3, -0.25) is 9.59 Å². The molecule has 1 N–H and O–H groups in total. The van der Waals surface area contributed by atoms with Gasteiger partial charge in [0.15, 0.2) is 12.4 Å². The van der Waals surface area contributed by atoms with Crippen LogP contribution >= 0.6 is 0 Å². The van der Waals surface area contributed by atoms with Gasteiger partial charge < -0.3 is 10.1 Å². The highest BCUT2D eigenvalue weighted by atomic mass is 19.4. The molecule has 4 aromatic carbocycles. The van der Waals surface area contributed by atoms with Crippen molar-refractivity contribution in [1.82, 2.24) is 9.66 Å². The van der Waals surface area contributed by atoms with Gasteiger partial charge in [0.05, 0.1) is 22.7 Å². The minimum absolute atomic E-state index is 0.0633. The van der Waals surface area contributed by atoms with Gasteiger partial charge in [0.25, 0.3) is 11.5 Å². The highest BCUT2D eigenvalue weighted by Gasteiger charge is 2.31. The summed E-state index contributed by atoms with van der Waals surface area (Å²) in [6.45, 7) is -0.285. The molecule has 0 bridgehead atoms. The first-order valence-electron chi connectivity index (χ1n) is 12.1. The van der Waals surface area contributed by atoms with Gasteiger partial charge in [0.2, 0.25) is 0 Å². The summed E-state index contributed by atoms with van der Waals surface area (Å²) in [6.07, 6.45) is -3.25. The number of anilines is 1. The number of halogens is 3.